The summed E-state index contributed by atoms with van der Waals surface area (Å²) in [5, 5.41) is 3.91. The molecule has 3 rings (SSSR count). The molecule has 104 valence electrons. The molecular formula is C16H13N3OS. The van der Waals surface area contributed by atoms with Crippen molar-refractivity contribution in [2.45, 2.75) is 0 Å². The third-order valence-electron chi connectivity index (χ3n) is 3.01. The van der Waals surface area contributed by atoms with Gasteiger partial charge in [0.25, 0.3) is 0 Å². The van der Waals surface area contributed by atoms with Crippen molar-refractivity contribution in [3.63, 3.8) is 0 Å². The van der Waals surface area contributed by atoms with Crippen molar-refractivity contribution in [1.82, 2.24) is 4.98 Å². The van der Waals surface area contributed by atoms with Crippen LogP contribution in [0.15, 0.2) is 54.6 Å². The first kappa shape index (κ1) is 13.3. The lowest BCUT2D eigenvalue weighted by atomic mass is 10.1. The second-order valence-electron chi connectivity index (χ2n) is 4.43. The molecule has 0 radical (unpaired) electrons. The largest absolute Gasteiger partial charge is 0.382 e. The molecule has 0 spiro atoms. The first-order valence-electron chi connectivity index (χ1n) is 6.41. The predicted molar refractivity (Wildman–Crippen MR) is 87.1 cm³/mol. The zero-order valence-electron chi connectivity index (χ0n) is 11.1. The number of nitrogen functional groups attached to an aromatic ring is 1. The number of carbonyl (C=O) groups excluding carboxylic acids is 1. The summed E-state index contributed by atoms with van der Waals surface area (Å²) >= 11 is 1.43. The minimum absolute atomic E-state index is 0.424. The van der Waals surface area contributed by atoms with Crippen molar-refractivity contribution < 1.29 is 4.79 Å². The van der Waals surface area contributed by atoms with Crippen LogP contribution in [-0.4, -0.2) is 11.3 Å². The van der Waals surface area contributed by atoms with E-state index in [-0.39, 0.29) is 0 Å². The van der Waals surface area contributed by atoms with Gasteiger partial charge in [0.15, 0.2) is 11.4 Å². The van der Waals surface area contributed by atoms with Crippen molar-refractivity contribution >= 4 is 34.3 Å². The third kappa shape index (κ3) is 2.78. The fourth-order valence-corrected chi connectivity index (χ4v) is 2.98. The molecule has 0 saturated carbocycles. The summed E-state index contributed by atoms with van der Waals surface area (Å²) in [6, 6.07) is 17.1. The van der Waals surface area contributed by atoms with Crippen LogP contribution in [0.2, 0.25) is 0 Å². The fourth-order valence-electron chi connectivity index (χ4n) is 2.03. The van der Waals surface area contributed by atoms with Crippen LogP contribution in [0.3, 0.4) is 0 Å². The minimum atomic E-state index is 0.424. The van der Waals surface area contributed by atoms with Crippen LogP contribution < -0.4 is 11.1 Å². The molecular weight excluding hydrogens is 282 g/mol. The summed E-state index contributed by atoms with van der Waals surface area (Å²) in [5.74, 6) is 0.424. The summed E-state index contributed by atoms with van der Waals surface area (Å²) in [6.45, 7) is 0. The maximum absolute atomic E-state index is 11.1. The van der Waals surface area contributed by atoms with Crippen LogP contribution in [0.1, 0.15) is 10.4 Å². The second-order valence-corrected chi connectivity index (χ2v) is 5.43. The fraction of sp³-hybridized carbons (Fsp3) is 0. The van der Waals surface area contributed by atoms with Crippen molar-refractivity contribution in [1.29, 1.82) is 0 Å². The van der Waals surface area contributed by atoms with Gasteiger partial charge >= 0.3 is 0 Å². The average molecular weight is 295 g/mol. The van der Waals surface area contributed by atoms with E-state index in [0.29, 0.717) is 16.5 Å². The number of rotatable bonds is 4. The lowest BCUT2D eigenvalue weighted by Gasteiger charge is -2.02. The number of anilines is 3. The number of nitrogens with one attached hydrogen (secondary N) is 1. The van der Waals surface area contributed by atoms with E-state index >= 15 is 0 Å². The van der Waals surface area contributed by atoms with Crippen LogP contribution in [0, 0.1) is 0 Å². The molecule has 3 aromatic rings. The Morgan fingerprint density at radius 2 is 1.76 bits per heavy atom. The quantitative estimate of drug-likeness (QED) is 0.715. The van der Waals surface area contributed by atoms with Crippen LogP contribution in [0.4, 0.5) is 16.6 Å². The van der Waals surface area contributed by atoms with Gasteiger partial charge in [-0.15, -0.1) is 0 Å². The zero-order valence-corrected chi connectivity index (χ0v) is 11.9. The van der Waals surface area contributed by atoms with Crippen molar-refractivity contribution in [3.8, 4) is 10.4 Å². The zero-order chi connectivity index (χ0) is 14.7. The number of nitrogens with two attached hydrogens (primary N) is 1. The number of aromatic nitrogens is 1. The average Bonchev–Trinajstić information content (AvgIpc) is 2.88. The van der Waals surface area contributed by atoms with Crippen LogP contribution in [0.5, 0.6) is 0 Å². The third-order valence-corrected chi connectivity index (χ3v) is 4.03. The van der Waals surface area contributed by atoms with E-state index in [1.807, 2.05) is 48.5 Å². The van der Waals surface area contributed by atoms with Gasteiger partial charge in [-0.25, -0.2) is 4.98 Å². The molecule has 1 aromatic heterocycles. The Balaban J connectivity index is 1.96. The van der Waals surface area contributed by atoms with Gasteiger partial charge in [-0.1, -0.05) is 53.8 Å². The molecule has 1 heterocycles. The smallest absolute Gasteiger partial charge is 0.189 e. The molecule has 0 aliphatic carbocycles. The van der Waals surface area contributed by atoms with Crippen LogP contribution in [0.25, 0.3) is 10.4 Å². The molecule has 0 bridgehead atoms. The number of hydrogen-bond acceptors (Lipinski definition) is 5. The van der Waals surface area contributed by atoms with E-state index in [2.05, 4.69) is 10.3 Å². The molecule has 3 N–H and O–H groups in total. The topological polar surface area (TPSA) is 68.0 Å². The highest BCUT2D eigenvalue weighted by Crippen LogP contribution is 2.37. The highest BCUT2D eigenvalue weighted by molar-refractivity contribution is 7.19. The molecule has 2 aromatic carbocycles. The lowest BCUT2D eigenvalue weighted by Crippen LogP contribution is -1.91. The number of carbonyl (C=O) groups is 1. The van der Waals surface area contributed by atoms with Gasteiger partial charge in [0, 0.05) is 16.8 Å². The number of para-hydroxylation sites is 1. The van der Waals surface area contributed by atoms with Crippen molar-refractivity contribution in [2.75, 3.05) is 11.1 Å². The number of thiazole rings is 1. The van der Waals surface area contributed by atoms with Gasteiger partial charge in [0.05, 0.1) is 4.88 Å². The highest BCUT2D eigenvalue weighted by Gasteiger charge is 2.13. The highest BCUT2D eigenvalue weighted by atomic mass is 32.1. The Labute approximate surface area is 126 Å². The monoisotopic (exact) mass is 295 g/mol. The maximum atomic E-state index is 11.1. The van der Waals surface area contributed by atoms with Gasteiger partial charge in [-0.2, -0.15) is 0 Å². The number of nitrogens with zero attached hydrogens (tertiary/aromatic N) is 1. The van der Waals surface area contributed by atoms with E-state index in [4.69, 9.17) is 5.73 Å². The molecule has 0 saturated heterocycles. The Morgan fingerprint density at radius 1 is 1.05 bits per heavy atom. The summed E-state index contributed by atoms with van der Waals surface area (Å²) < 4.78 is 0. The second kappa shape index (κ2) is 5.76. The van der Waals surface area contributed by atoms with Crippen LogP contribution in [-0.2, 0) is 0 Å². The van der Waals surface area contributed by atoms with Gasteiger partial charge in [0.2, 0.25) is 0 Å². The summed E-state index contributed by atoms with van der Waals surface area (Å²) in [6.07, 6.45) is 0.832. The predicted octanol–water partition coefficient (Wildman–Crippen LogP) is 3.95. The first-order valence-corrected chi connectivity index (χ1v) is 7.22. The Kier molecular flexibility index (Phi) is 3.66. The number of benzene rings is 2. The van der Waals surface area contributed by atoms with E-state index < -0.39 is 0 Å². The normalized spacial score (nSPS) is 10.3. The summed E-state index contributed by atoms with van der Waals surface area (Å²) in [4.78, 5) is 16.3. The molecule has 0 unspecified atom stereocenters. The van der Waals surface area contributed by atoms with Crippen molar-refractivity contribution in [3.05, 3.63) is 60.2 Å². The minimum Gasteiger partial charge on any atom is -0.382 e. The molecule has 0 amide bonds. The van der Waals surface area contributed by atoms with Gasteiger partial charge in [0.1, 0.15) is 5.82 Å². The number of aldehydes is 1. The van der Waals surface area contributed by atoms with E-state index in [0.717, 1.165) is 22.4 Å². The lowest BCUT2D eigenvalue weighted by molar-refractivity contribution is 0.112. The van der Waals surface area contributed by atoms with Crippen molar-refractivity contribution in [2.24, 2.45) is 0 Å². The summed E-state index contributed by atoms with van der Waals surface area (Å²) in [7, 11) is 0. The molecule has 0 aliphatic rings. The molecule has 5 heteroatoms. The molecule has 4 nitrogen and oxygen atoms in total. The van der Waals surface area contributed by atoms with Crippen LogP contribution >= 0.6 is 11.3 Å². The van der Waals surface area contributed by atoms with E-state index in [1.54, 1.807) is 6.07 Å². The molecule has 21 heavy (non-hydrogen) atoms. The Bertz CT molecular complexity index is 768. The Hall–Kier alpha value is -2.66. The number of hydrogen-bond donors (Lipinski definition) is 2. The standard InChI is InChI=1S/C16H13N3OS/c17-15-14(13-9-5-4-6-11(13)10-20)21-16(19-15)18-12-7-2-1-3-8-12/h1-10H,17H2,(H,18,19). The summed E-state index contributed by atoms with van der Waals surface area (Å²) in [5.41, 5.74) is 8.36. The SMILES string of the molecule is Nc1nc(Nc2ccccc2)sc1-c1ccccc1C=O. The molecule has 0 atom stereocenters. The van der Waals surface area contributed by atoms with Gasteiger partial charge in [-0.3, -0.25) is 4.79 Å². The van der Waals surface area contributed by atoms with Gasteiger partial charge in [-0.05, 0) is 12.1 Å². The maximum Gasteiger partial charge on any atom is 0.189 e. The molecule has 0 fully saturated rings. The molecule has 0 aliphatic heterocycles. The van der Waals surface area contributed by atoms with E-state index in [1.165, 1.54) is 11.3 Å². The van der Waals surface area contributed by atoms with Gasteiger partial charge < -0.3 is 11.1 Å². The van der Waals surface area contributed by atoms with E-state index in [9.17, 15) is 4.79 Å². The Morgan fingerprint density at radius 3 is 2.52 bits per heavy atom. The first-order chi connectivity index (χ1) is 10.3.